The summed E-state index contributed by atoms with van der Waals surface area (Å²) in [6.07, 6.45) is 3.30. The van der Waals surface area contributed by atoms with Crippen molar-refractivity contribution in [2.75, 3.05) is 11.9 Å². The largest absolute Gasteiger partial charge is 0.508 e. The number of thiazole rings is 1. The number of hydrogen-bond acceptors (Lipinski definition) is 8. The normalized spacial score (nSPS) is 12.0. The summed E-state index contributed by atoms with van der Waals surface area (Å²) in [5, 5.41) is 16.1. The van der Waals surface area contributed by atoms with Crippen LogP contribution in [-0.4, -0.2) is 37.5 Å². The minimum absolute atomic E-state index is 0.199. The lowest BCUT2D eigenvalue weighted by atomic mass is 10.1. The van der Waals surface area contributed by atoms with Crippen molar-refractivity contribution >= 4 is 33.5 Å². The average Bonchev–Trinajstić information content (AvgIpc) is 3.14. The molecule has 4 aromatic rings. The van der Waals surface area contributed by atoms with E-state index in [1.165, 1.54) is 17.4 Å². The zero-order valence-electron chi connectivity index (χ0n) is 17.5. The van der Waals surface area contributed by atoms with Gasteiger partial charge >= 0.3 is 0 Å². The molecule has 1 aromatic carbocycles. The molecular formula is C22H21FN6O2S. The fraction of sp³-hybridized carbons (Fsp3) is 0.227. The number of phenolic OH excluding ortho intramolecular Hbond substituents is 1. The van der Waals surface area contributed by atoms with Gasteiger partial charge in [0.25, 0.3) is 5.91 Å². The van der Waals surface area contributed by atoms with E-state index in [4.69, 9.17) is 0 Å². The Balaban J connectivity index is 1.53. The number of aryl methyl sites for hydroxylation is 1. The van der Waals surface area contributed by atoms with Crippen LogP contribution in [0.3, 0.4) is 0 Å². The van der Waals surface area contributed by atoms with Gasteiger partial charge in [0.15, 0.2) is 11.3 Å². The van der Waals surface area contributed by atoms with Crippen LogP contribution in [0.4, 0.5) is 10.3 Å². The second-order valence-electron chi connectivity index (χ2n) is 7.26. The van der Waals surface area contributed by atoms with Crippen molar-refractivity contribution < 1.29 is 14.3 Å². The molecule has 3 aromatic heterocycles. The minimum atomic E-state index is -0.434. The molecule has 32 heavy (non-hydrogen) atoms. The number of nitrogens with zero attached hydrogens (tertiary/aromatic N) is 4. The second kappa shape index (κ2) is 9.23. The summed E-state index contributed by atoms with van der Waals surface area (Å²) < 4.78 is 14.1. The molecule has 0 aliphatic carbocycles. The molecule has 0 unspecified atom stereocenters. The first-order valence-electron chi connectivity index (χ1n) is 9.97. The Morgan fingerprint density at radius 3 is 2.72 bits per heavy atom. The molecule has 0 bridgehead atoms. The van der Waals surface area contributed by atoms with Crippen LogP contribution in [0.25, 0.3) is 10.3 Å². The number of nitrogens with one attached hydrogen (secondary N) is 2. The summed E-state index contributed by atoms with van der Waals surface area (Å²) in [5.74, 6) is -0.340. The Morgan fingerprint density at radius 2 is 1.97 bits per heavy atom. The SMILES string of the molecule is Cc1nc2nc(N[C@@H](C)c3cncc(F)c3)nc(C(=O)NCCc3ccc(O)cc3)c2s1. The number of aromatic hydroxyl groups is 1. The Bertz CT molecular complexity index is 1260. The lowest BCUT2D eigenvalue weighted by molar-refractivity contribution is 0.0951. The maximum Gasteiger partial charge on any atom is 0.271 e. The predicted octanol–water partition coefficient (Wildman–Crippen LogP) is 3.78. The Labute approximate surface area is 187 Å². The molecular weight excluding hydrogens is 431 g/mol. The molecule has 3 heterocycles. The van der Waals surface area contributed by atoms with Crippen molar-refractivity contribution in [3.05, 3.63) is 70.4 Å². The van der Waals surface area contributed by atoms with E-state index in [0.29, 0.717) is 28.9 Å². The van der Waals surface area contributed by atoms with Crippen LogP contribution in [0.2, 0.25) is 0 Å². The van der Waals surface area contributed by atoms with Crippen LogP contribution < -0.4 is 10.6 Å². The van der Waals surface area contributed by atoms with Crippen LogP contribution in [0, 0.1) is 12.7 Å². The number of carbonyl (C=O) groups is 1. The maximum absolute atomic E-state index is 13.5. The average molecular weight is 453 g/mol. The topological polar surface area (TPSA) is 113 Å². The molecule has 0 aliphatic heterocycles. The van der Waals surface area contributed by atoms with E-state index in [2.05, 4.69) is 30.6 Å². The number of phenols is 1. The molecule has 0 spiro atoms. The minimum Gasteiger partial charge on any atom is -0.508 e. The van der Waals surface area contributed by atoms with Gasteiger partial charge in [0.05, 0.1) is 17.2 Å². The summed E-state index contributed by atoms with van der Waals surface area (Å²) in [7, 11) is 0. The van der Waals surface area contributed by atoms with Gasteiger partial charge < -0.3 is 15.7 Å². The van der Waals surface area contributed by atoms with E-state index in [1.807, 2.05) is 26.0 Å². The predicted molar refractivity (Wildman–Crippen MR) is 120 cm³/mol. The highest BCUT2D eigenvalue weighted by atomic mass is 32.1. The Hall–Kier alpha value is -3.66. The molecule has 0 aliphatic rings. The third-order valence-corrected chi connectivity index (χ3v) is 5.75. The number of anilines is 1. The summed E-state index contributed by atoms with van der Waals surface area (Å²) in [5.41, 5.74) is 2.28. The number of amides is 1. The van der Waals surface area contributed by atoms with E-state index in [1.54, 1.807) is 18.3 Å². The second-order valence-corrected chi connectivity index (χ2v) is 8.46. The molecule has 0 saturated heterocycles. The van der Waals surface area contributed by atoms with Crippen molar-refractivity contribution in [1.82, 2.24) is 25.3 Å². The third kappa shape index (κ3) is 4.97. The lowest BCUT2D eigenvalue weighted by Crippen LogP contribution is -2.27. The molecule has 1 atom stereocenters. The van der Waals surface area contributed by atoms with Crippen LogP contribution in [0.15, 0.2) is 42.7 Å². The summed E-state index contributed by atoms with van der Waals surface area (Å²) in [4.78, 5) is 30.0. The number of aromatic nitrogens is 4. The van der Waals surface area contributed by atoms with Crippen LogP contribution in [0.5, 0.6) is 5.75 Å². The zero-order valence-corrected chi connectivity index (χ0v) is 18.3. The van der Waals surface area contributed by atoms with E-state index in [9.17, 15) is 14.3 Å². The van der Waals surface area contributed by atoms with Gasteiger partial charge in [0.2, 0.25) is 5.95 Å². The maximum atomic E-state index is 13.5. The van der Waals surface area contributed by atoms with Gasteiger partial charge in [0.1, 0.15) is 16.3 Å². The van der Waals surface area contributed by atoms with Crippen LogP contribution >= 0.6 is 11.3 Å². The highest BCUT2D eigenvalue weighted by Crippen LogP contribution is 2.26. The monoisotopic (exact) mass is 452 g/mol. The first-order chi connectivity index (χ1) is 15.4. The number of halogens is 1. The smallest absolute Gasteiger partial charge is 0.271 e. The van der Waals surface area contributed by atoms with E-state index < -0.39 is 5.82 Å². The quantitative estimate of drug-likeness (QED) is 0.391. The van der Waals surface area contributed by atoms with Gasteiger partial charge in [0, 0.05) is 12.7 Å². The molecule has 1 amide bonds. The highest BCUT2D eigenvalue weighted by molar-refractivity contribution is 7.18. The van der Waals surface area contributed by atoms with Gasteiger partial charge in [-0.15, -0.1) is 11.3 Å². The lowest BCUT2D eigenvalue weighted by Gasteiger charge is -2.14. The standard InChI is InChI=1S/C22H21FN6O2S/c1-12(15-9-16(23)11-24-10-15)26-22-28-18(19-20(29-22)27-13(2)32-19)21(31)25-8-7-14-3-5-17(30)6-4-14/h3-6,9-12,30H,7-8H2,1-2H3,(H,25,31)(H,26,28,29)/t12-/m0/s1. The molecule has 3 N–H and O–H groups in total. The molecule has 0 saturated carbocycles. The summed E-state index contributed by atoms with van der Waals surface area (Å²) >= 11 is 1.35. The highest BCUT2D eigenvalue weighted by Gasteiger charge is 2.19. The van der Waals surface area contributed by atoms with Crippen LogP contribution in [-0.2, 0) is 6.42 Å². The number of fused-ring (bicyclic) bond motifs is 1. The molecule has 164 valence electrons. The van der Waals surface area contributed by atoms with Crippen molar-refractivity contribution in [2.45, 2.75) is 26.3 Å². The van der Waals surface area contributed by atoms with Crippen LogP contribution in [0.1, 0.15) is 39.6 Å². The van der Waals surface area contributed by atoms with Gasteiger partial charge in [-0.3, -0.25) is 9.78 Å². The zero-order chi connectivity index (χ0) is 22.7. The van der Waals surface area contributed by atoms with Gasteiger partial charge in [-0.25, -0.2) is 14.4 Å². The Morgan fingerprint density at radius 1 is 1.19 bits per heavy atom. The Kier molecular flexibility index (Phi) is 6.22. The van der Waals surface area contributed by atoms with E-state index in [-0.39, 0.29) is 29.3 Å². The number of hydrogen-bond donors (Lipinski definition) is 3. The van der Waals surface area contributed by atoms with Gasteiger partial charge in [-0.1, -0.05) is 12.1 Å². The van der Waals surface area contributed by atoms with Crippen molar-refractivity contribution in [2.24, 2.45) is 0 Å². The van der Waals surface area contributed by atoms with Crippen molar-refractivity contribution in [3.8, 4) is 5.75 Å². The fourth-order valence-corrected chi connectivity index (χ4v) is 4.00. The van der Waals surface area contributed by atoms with Crippen molar-refractivity contribution in [3.63, 3.8) is 0 Å². The number of rotatable bonds is 7. The molecule has 10 heteroatoms. The van der Waals surface area contributed by atoms with Gasteiger partial charge in [-0.2, -0.15) is 4.98 Å². The third-order valence-electron chi connectivity index (χ3n) is 4.78. The van der Waals surface area contributed by atoms with E-state index in [0.717, 1.165) is 16.8 Å². The summed E-state index contributed by atoms with van der Waals surface area (Å²) in [6, 6.07) is 7.88. The first kappa shape index (κ1) is 21.6. The number of pyridine rings is 1. The molecule has 8 nitrogen and oxygen atoms in total. The first-order valence-corrected chi connectivity index (χ1v) is 10.8. The molecule has 4 rings (SSSR count). The number of carbonyl (C=O) groups excluding carboxylic acids is 1. The van der Waals surface area contributed by atoms with E-state index >= 15 is 0 Å². The molecule has 0 fully saturated rings. The van der Waals surface area contributed by atoms with Gasteiger partial charge in [-0.05, 0) is 49.6 Å². The number of benzene rings is 1. The summed E-state index contributed by atoms with van der Waals surface area (Å²) in [6.45, 7) is 4.07. The molecule has 0 radical (unpaired) electrons. The van der Waals surface area contributed by atoms with Crippen molar-refractivity contribution in [1.29, 1.82) is 0 Å². The fourth-order valence-electron chi connectivity index (χ4n) is 3.16.